The minimum atomic E-state index is -0.556. The largest absolute Gasteiger partial charge is 0.340 e. The lowest BCUT2D eigenvalue weighted by molar-refractivity contribution is -0.156. The van der Waals surface area contributed by atoms with Crippen molar-refractivity contribution in [1.29, 1.82) is 0 Å². The van der Waals surface area contributed by atoms with Crippen molar-refractivity contribution in [2.75, 3.05) is 6.54 Å². The zero-order chi connectivity index (χ0) is 14.9. The Bertz CT molecular complexity index is 409. The fourth-order valence-electron chi connectivity index (χ4n) is 4.49. The molecule has 1 atom stereocenters. The predicted octanol–water partition coefficient (Wildman–Crippen LogP) is 2.62. The fraction of sp³-hybridized carbons (Fsp3) is 0.882. The Morgan fingerprint density at radius 1 is 1.14 bits per heavy atom. The van der Waals surface area contributed by atoms with Crippen molar-refractivity contribution in [3.05, 3.63) is 0 Å². The van der Waals surface area contributed by atoms with Gasteiger partial charge in [0.15, 0.2) is 0 Å². The number of carbonyl (C=O) groups is 2. The number of piperazine rings is 1. The number of hydrogen-bond acceptors (Lipinski definition) is 2. The van der Waals surface area contributed by atoms with Crippen molar-refractivity contribution in [2.45, 2.75) is 82.7 Å². The Morgan fingerprint density at radius 2 is 1.81 bits per heavy atom. The van der Waals surface area contributed by atoms with E-state index in [1.165, 1.54) is 25.7 Å². The van der Waals surface area contributed by atoms with Crippen LogP contribution in [0.4, 0.5) is 0 Å². The molecule has 0 bridgehead atoms. The summed E-state index contributed by atoms with van der Waals surface area (Å²) in [5.41, 5.74) is -0.556. The Morgan fingerprint density at radius 3 is 2.43 bits per heavy atom. The van der Waals surface area contributed by atoms with Gasteiger partial charge in [0.2, 0.25) is 11.8 Å². The number of hydrogen-bond donors (Lipinski definition) is 1. The molecule has 2 aliphatic carbocycles. The van der Waals surface area contributed by atoms with Gasteiger partial charge in [-0.3, -0.25) is 9.59 Å². The highest BCUT2D eigenvalue weighted by molar-refractivity contribution is 6.00. The second-order valence-electron chi connectivity index (χ2n) is 7.19. The molecule has 1 aliphatic heterocycles. The molecule has 4 nitrogen and oxygen atoms in total. The number of nitrogens with zero attached hydrogens (tertiary/aromatic N) is 1. The first-order valence-corrected chi connectivity index (χ1v) is 8.79. The molecule has 0 aromatic rings. The third kappa shape index (κ3) is 2.69. The van der Waals surface area contributed by atoms with Crippen LogP contribution in [0, 0.1) is 5.92 Å². The van der Waals surface area contributed by atoms with Crippen LogP contribution >= 0.6 is 0 Å². The van der Waals surface area contributed by atoms with E-state index in [9.17, 15) is 9.59 Å². The van der Waals surface area contributed by atoms with E-state index in [0.717, 1.165) is 45.1 Å². The van der Waals surface area contributed by atoms with E-state index in [-0.39, 0.29) is 17.9 Å². The van der Waals surface area contributed by atoms with Gasteiger partial charge >= 0.3 is 0 Å². The highest BCUT2D eigenvalue weighted by atomic mass is 16.2. The first-order chi connectivity index (χ1) is 10.2. The smallest absolute Gasteiger partial charge is 0.249 e. The van der Waals surface area contributed by atoms with E-state index in [4.69, 9.17) is 0 Å². The summed E-state index contributed by atoms with van der Waals surface area (Å²) < 4.78 is 0. The van der Waals surface area contributed by atoms with Crippen LogP contribution in [0.3, 0.4) is 0 Å². The Balaban J connectivity index is 1.81. The van der Waals surface area contributed by atoms with Crippen LogP contribution in [-0.4, -0.2) is 34.8 Å². The summed E-state index contributed by atoms with van der Waals surface area (Å²) in [6, 6.07) is -0.227. The van der Waals surface area contributed by atoms with E-state index in [0.29, 0.717) is 5.92 Å². The Labute approximate surface area is 127 Å². The molecule has 21 heavy (non-hydrogen) atoms. The number of rotatable bonds is 4. The van der Waals surface area contributed by atoms with E-state index in [1.54, 1.807) is 0 Å². The summed E-state index contributed by atoms with van der Waals surface area (Å²) in [6.45, 7) is 2.89. The van der Waals surface area contributed by atoms with Gasteiger partial charge in [-0.25, -0.2) is 0 Å². The van der Waals surface area contributed by atoms with Gasteiger partial charge in [-0.2, -0.15) is 0 Å². The van der Waals surface area contributed by atoms with Crippen LogP contribution in [0.5, 0.6) is 0 Å². The lowest BCUT2D eigenvalue weighted by atomic mass is 9.88. The topological polar surface area (TPSA) is 49.4 Å². The summed E-state index contributed by atoms with van der Waals surface area (Å²) in [5.74, 6) is 0.916. The third-order valence-electron chi connectivity index (χ3n) is 5.66. The summed E-state index contributed by atoms with van der Waals surface area (Å²) >= 11 is 0. The molecule has 1 saturated heterocycles. The summed E-state index contributed by atoms with van der Waals surface area (Å²) in [6.07, 6.45) is 10.5. The lowest BCUT2D eigenvalue weighted by Crippen LogP contribution is -2.69. The number of carbonyl (C=O) groups excluding carboxylic acids is 2. The third-order valence-corrected chi connectivity index (χ3v) is 5.66. The van der Waals surface area contributed by atoms with E-state index in [1.807, 2.05) is 4.90 Å². The van der Waals surface area contributed by atoms with Gasteiger partial charge in [-0.15, -0.1) is 0 Å². The highest BCUT2D eigenvalue weighted by Crippen LogP contribution is 2.36. The molecular formula is C17H28N2O2. The quantitative estimate of drug-likeness (QED) is 0.866. The van der Waals surface area contributed by atoms with Gasteiger partial charge in [0, 0.05) is 6.54 Å². The van der Waals surface area contributed by atoms with Gasteiger partial charge < -0.3 is 10.2 Å². The van der Waals surface area contributed by atoms with Crippen molar-refractivity contribution < 1.29 is 9.59 Å². The number of nitrogens with one attached hydrogen (secondary N) is 1. The van der Waals surface area contributed by atoms with Crippen LogP contribution in [0.1, 0.15) is 71.1 Å². The second kappa shape index (κ2) is 5.98. The maximum absolute atomic E-state index is 13.1. The molecule has 1 N–H and O–H groups in total. The zero-order valence-electron chi connectivity index (χ0n) is 13.2. The molecule has 3 fully saturated rings. The molecule has 1 heterocycles. The van der Waals surface area contributed by atoms with Crippen LogP contribution in [0.2, 0.25) is 0 Å². The van der Waals surface area contributed by atoms with Crippen molar-refractivity contribution >= 4 is 11.8 Å². The summed E-state index contributed by atoms with van der Waals surface area (Å²) in [7, 11) is 0. The molecule has 4 heteroatoms. The molecular weight excluding hydrogens is 264 g/mol. The normalized spacial score (nSPS) is 29.4. The molecule has 2 amide bonds. The van der Waals surface area contributed by atoms with Crippen LogP contribution in [0.15, 0.2) is 0 Å². The van der Waals surface area contributed by atoms with Gasteiger partial charge in [0.05, 0.1) is 0 Å². The van der Waals surface area contributed by atoms with Crippen LogP contribution in [0.25, 0.3) is 0 Å². The average Bonchev–Trinajstić information content (AvgIpc) is 3.12. The maximum Gasteiger partial charge on any atom is 0.249 e. The monoisotopic (exact) mass is 292 g/mol. The van der Waals surface area contributed by atoms with Gasteiger partial charge in [-0.05, 0) is 38.0 Å². The summed E-state index contributed by atoms with van der Waals surface area (Å²) in [5, 5.41) is 3.10. The highest BCUT2D eigenvalue weighted by Gasteiger charge is 2.51. The van der Waals surface area contributed by atoms with E-state index in [2.05, 4.69) is 12.2 Å². The molecule has 3 aliphatic rings. The van der Waals surface area contributed by atoms with Gasteiger partial charge in [0.25, 0.3) is 0 Å². The molecule has 2 saturated carbocycles. The standard InChI is InChI=1S/C17H28N2O2/c1-2-7-14-15(20)18-17(10-5-6-11-17)16(21)19(14)12-13-8-3-4-9-13/h13-14H,2-12H2,1H3,(H,18,20). The Hall–Kier alpha value is -1.06. The van der Waals surface area contributed by atoms with Crippen LogP contribution < -0.4 is 5.32 Å². The average molecular weight is 292 g/mol. The van der Waals surface area contributed by atoms with Crippen molar-refractivity contribution in [3.63, 3.8) is 0 Å². The van der Waals surface area contributed by atoms with E-state index < -0.39 is 5.54 Å². The molecule has 0 radical (unpaired) electrons. The van der Waals surface area contributed by atoms with Gasteiger partial charge in [-0.1, -0.05) is 39.0 Å². The molecule has 1 spiro atoms. The van der Waals surface area contributed by atoms with Crippen molar-refractivity contribution in [2.24, 2.45) is 5.92 Å². The first-order valence-electron chi connectivity index (χ1n) is 8.79. The number of amides is 2. The lowest BCUT2D eigenvalue weighted by Gasteiger charge is -2.45. The molecule has 3 rings (SSSR count). The maximum atomic E-state index is 13.1. The minimum absolute atomic E-state index is 0.0938. The molecule has 1 unspecified atom stereocenters. The fourth-order valence-corrected chi connectivity index (χ4v) is 4.49. The van der Waals surface area contributed by atoms with Crippen LogP contribution in [-0.2, 0) is 9.59 Å². The zero-order valence-corrected chi connectivity index (χ0v) is 13.2. The van der Waals surface area contributed by atoms with E-state index >= 15 is 0 Å². The first kappa shape index (κ1) is 14.9. The van der Waals surface area contributed by atoms with Crippen molar-refractivity contribution in [1.82, 2.24) is 10.2 Å². The Kier molecular flexibility index (Phi) is 4.23. The SMILES string of the molecule is CCCC1C(=O)NC2(CCCC2)C(=O)N1CC1CCCC1. The molecule has 0 aromatic carbocycles. The minimum Gasteiger partial charge on any atom is -0.340 e. The van der Waals surface area contributed by atoms with Crippen molar-refractivity contribution in [3.8, 4) is 0 Å². The van der Waals surface area contributed by atoms with Gasteiger partial charge in [0.1, 0.15) is 11.6 Å². The molecule has 0 aromatic heterocycles. The molecule has 118 valence electrons. The second-order valence-corrected chi connectivity index (χ2v) is 7.19. The summed E-state index contributed by atoms with van der Waals surface area (Å²) in [4.78, 5) is 27.6. The predicted molar refractivity (Wildman–Crippen MR) is 81.7 cm³/mol.